The Morgan fingerprint density at radius 1 is 1.27 bits per heavy atom. The molecule has 1 amide bonds. The maximum Gasteiger partial charge on any atom is 0.293 e. The number of hydrogen-bond acceptors (Lipinski definition) is 9. The Bertz CT molecular complexity index is 1750. The molecule has 3 heterocycles. The molecule has 2 aromatic carbocycles. The first-order valence-corrected chi connectivity index (χ1v) is 13.9. The van der Waals surface area contributed by atoms with E-state index in [0.29, 0.717) is 24.0 Å². The summed E-state index contributed by atoms with van der Waals surface area (Å²) in [5.41, 5.74) is 5.39. The Morgan fingerprint density at radius 2 is 2.07 bits per heavy atom. The molecule has 4 aromatic rings. The van der Waals surface area contributed by atoms with Gasteiger partial charge in [0, 0.05) is 36.8 Å². The van der Waals surface area contributed by atoms with E-state index in [-0.39, 0.29) is 35.3 Å². The molecule has 1 aliphatic rings. The molecule has 0 unspecified atom stereocenters. The van der Waals surface area contributed by atoms with E-state index in [1.165, 1.54) is 36.5 Å². The number of ether oxygens (including phenoxy) is 1. The van der Waals surface area contributed by atoms with Crippen molar-refractivity contribution in [1.29, 1.82) is 0 Å². The van der Waals surface area contributed by atoms with Gasteiger partial charge in [-0.25, -0.2) is 22.2 Å². The number of aromatic nitrogens is 2. The number of para-hydroxylation sites is 1. The highest BCUT2D eigenvalue weighted by molar-refractivity contribution is 7.91. The second kappa shape index (κ2) is 11.1. The van der Waals surface area contributed by atoms with Crippen LogP contribution in [0.25, 0.3) is 11.0 Å². The highest BCUT2D eigenvalue weighted by Crippen LogP contribution is 2.38. The lowest BCUT2D eigenvalue weighted by Gasteiger charge is -2.17. The molecule has 0 radical (unpaired) electrons. The summed E-state index contributed by atoms with van der Waals surface area (Å²) in [6.07, 6.45) is 0.978. The molecule has 4 N–H and O–H groups in total. The van der Waals surface area contributed by atoms with Gasteiger partial charge in [-0.3, -0.25) is 19.8 Å². The number of likely N-dealkylation sites (tertiary alicyclic amines) is 1. The van der Waals surface area contributed by atoms with Crippen LogP contribution >= 0.6 is 0 Å². The average Bonchev–Trinajstić information content (AvgIpc) is 3.57. The van der Waals surface area contributed by atoms with Gasteiger partial charge in [0.1, 0.15) is 22.0 Å². The Balaban J connectivity index is 1.50. The van der Waals surface area contributed by atoms with Crippen LogP contribution in [0.15, 0.2) is 70.7 Å². The quantitative estimate of drug-likeness (QED) is 0.184. The van der Waals surface area contributed by atoms with E-state index in [1.54, 1.807) is 23.2 Å². The van der Waals surface area contributed by atoms with Crippen molar-refractivity contribution in [3.05, 3.63) is 76.6 Å². The predicted molar refractivity (Wildman–Crippen MR) is 144 cm³/mol. The van der Waals surface area contributed by atoms with Gasteiger partial charge in [0.05, 0.1) is 28.1 Å². The normalized spacial score (nSPS) is 15.8. The molecule has 0 aliphatic carbocycles. The van der Waals surface area contributed by atoms with Crippen LogP contribution in [0, 0.1) is 10.1 Å². The van der Waals surface area contributed by atoms with Gasteiger partial charge < -0.3 is 20.8 Å². The highest BCUT2D eigenvalue weighted by atomic mass is 32.2. The number of H-pyrrole nitrogens is 1. The third kappa shape index (κ3) is 5.81. The maximum atomic E-state index is 13.8. The number of anilines is 1. The summed E-state index contributed by atoms with van der Waals surface area (Å²) in [5.74, 6) is -1.17. The van der Waals surface area contributed by atoms with Gasteiger partial charge in [0.25, 0.3) is 18.0 Å². The van der Waals surface area contributed by atoms with Gasteiger partial charge in [-0.15, -0.1) is 0 Å². The zero-order chi connectivity index (χ0) is 29.3. The van der Waals surface area contributed by atoms with Crippen LogP contribution in [-0.2, 0) is 9.84 Å². The molecule has 15 heteroatoms. The van der Waals surface area contributed by atoms with Gasteiger partial charge >= 0.3 is 0 Å². The van der Waals surface area contributed by atoms with Crippen molar-refractivity contribution in [2.45, 2.75) is 28.7 Å². The van der Waals surface area contributed by atoms with Gasteiger partial charge in [0.2, 0.25) is 9.84 Å². The number of halogens is 2. The number of alkyl halides is 2. The third-order valence-electron chi connectivity index (χ3n) is 6.63. The number of fused-ring (bicyclic) bond motifs is 1. The number of benzene rings is 2. The van der Waals surface area contributed by atoms with E-state index < -0.39 is 49.1 Å². The minimum absolute atomic E-state index is 0.0473. The minimum Gasteiger partial charge on any atom is -0.453 e. The molecule has 1 atom stereocenters. The summed E-state index contributed by atoms with van der Waals surface area (Å²) >= 11 is 0. The fourth-order valence-electron chi connectivity index (χ4n) is 4.73. The molecule has 0 spiro atoms. The van der Waals surface area contributed by atoms with Gasteiger partial charge in [-0.2, -0.15) is 0 Å². The van der Waals surface area contributed by atoms with Gasteiger partial charge in [-0.1, -0.05) is 6.07 Å². The lowest BCUT2D eigenvalue weighted by Crippen LogP contribution is -2.30. The van der Waals surface area contributed by atoms with Crippen LogP contribution < -0.4 is 15.8 Å². The van der Waals surface area contributed by atoms with E-state index in [4.69, 9.17) is 10.5 Å². The van der Waals surface area contributed by atoms with Gasteiger partial charge in [-0.05, 0) is 42.8 Å². The number of nitrogens with one attached hydrogen (secondary N) is 2. The fourth-order valence-corrected chi connectivity index (χ4v) is 6.15. The average molecular weight is 587 g/mol. The lowest BCUT2D eigenvalue weighted by molar-refractivity contribution is -0.384. The molecular weight excluding hydrogens is 562 g/mol. The molecule has 0 bridgehead atoms. The van der Waals surface area contributed by atoms with Crippen LogP contribution in [0.5, 0.6) is 11.5 Å². The number of carbonyl (C=O) groups is 1. The first-order valence-electron chi connectivity index (χ1n) is 12.4. The van der Waals surface area contributed by atoms with Crippen molar-refractivity contribution in [2.75, 3.05) is 25.0 Å². The molecule has 1 saturated heterocycles. The monoisotopic (exact) mass is 586 g/mol. The number of primary amides is 1. The van der Waals surface area contributed by atoms with Crippen molar-refractivity contribution in [3.63, 3.8) is 0 Å². The van der Waals surface area contributed by atoms with E-state index in [9.17, 15) is 32.1 Å². The smallest absolute Gasteiger partial charge is 0.293 e. The first-order chi connectivity index (χ1) is 19.5. The third-order valence-corrected chi connectivity index (χ3v) is 8.41. The van der Waals surface area contributed by atoms with Crippen molar-refractivity contribution in [1.82, 2.24) is 14.9 Å². The molecule has 214 valence electrons. The maximum absolute atomic E-state index is 13.8. The second-order valence-electron chi connectivity index (χ2n) is 9.41. The molecule has 5 rings (SSSR count). The molecule has 1 aliphatic heterocycles. The van der Waals surface area contributed by atoms with Crippen LogP contribution in [0.1, 0.15) is 16.8 Å². The van der Waals surface area contributed by atoms with Gasteiger partial charge in [0.15, 0.2) is 5.75 Å². The van der Waals surface area contributed by atoms with Crippen LogP contribution in [0.2, 0.25) is 0 Å². The summed E-state index contributed by atoms with van der Waals surface area (Å²) < 4.78 is 58.9. The topological polar surface area (TPSA) is 174 Å². The Labute approximate surface area is 232 Å². The number of rotatable bonds is 10. The van der Waals surface area contributed by atoms with Crippen LogP contribution in [-0.4, -0.2) is 66.2 Å². The Hall–Kier alpha value is -4.63. The molecule has 12 nitrogen and oxygen atoms in total. The molecule has 1 fully saturated rings. The summed E-state index contributed by atoms with van der Waals surface area (Å²) in [4.78, 5) is 31.2. The number of sulfone groups is 1. The largest absolute Gasteiger partial charge is 0.453 e. The summed E-state index contributed by atoms with van der Waals surface area (Å²) in [5, 5.41) is 15.6. The summed E-state index contributed by atoms with van der Waals surface area (Å²) in [7, 11) is -4.48. The van der Waals surface area contributed by atoms with Crippen molar-refractivity contribution >= 4 is 38.2 Å². The highest BCUT2D eigenvalue weighted by Gasteiger charge is 2.31. The van der Waals surface area contributed by atoms with Crippen LogP contribution in [0.4, 0.5) is 20.2 Å². The summed E-state index contributed by atoms with van der Waals surface area (Å²) in [6, 6.07) is 10.1. The SMILES string of the molecule is NC(=O)c1cccc(S(=O)(=O)c2ccc(N[C@H]3CCN(CC(F)F)C3)c([N+](=O)[O-])c2)c1Oc1cnc2[nH]ccc2c1. The van der Waals surface area contributed by atoms with E-state index in [2.05, 4.69) is 15.3 Å². The van der Waals surface area contributed by atoms with Crippen molar-refractivity contribution < 1.29 is 31.7 Å². The van der Waals surface area contributed by atoms with Crippen LogP contribution in [0.3, 0.4) is 0 Å². The van der Waals surface area contributed by atoms with E-state index in [1.807, 2.05) is 0 Å². The number of nitro benzene ring substituents is 1. The minimum atomic E-state index is -4.48. The number of amides is 1. The second-order valence-corrected chi connectivity index (χ2v) is 11.3. The Kier molecular flexibility index (Phi) is 7.55. The number of pyridine rings is 1. The molecular formula is C26H24F2N6O6S. The molecule has 41 heavy (non-hydrogen) atoms. The Morgan fingerprint density at radius 3 is 2.80 bits per heavy atom. The molecule has 0 saturated carbocycles. The van der Waals surface area contributed by atoms with Crippen molar-refractivity contribution in [3.8, 4) is 11.5 Å². The fraction of sp³-hybridized carbons (Fsp3) is 0.231. The van der Waals surface area contributed by atoms with E-state index >= 15 is 0 Å². The number of nitro groups is 1. The zero-order valence-corrected chi connectivity index (χ0v) is 22.1. The summed E-state index contributed by atoms with van der Waals surface area (Å²) in [6.45, 7) is 0.251. The number of carbonyl (C=O) groups excluding carboxylic acids is 1. The number of aromatic amines is 1. The van der Waals surface area contributed by atoms with E-state index in [0.717, 1.165) is 6.07 Å². The zero-order valence-electron chi connectivity index (χ0n) is 21.3. The first kappa shape index (κ1) is 27.9. The van der Waals surface area contributed by atoms with Crippen molar-refractivity contribution in [2.24, 2.45) is 5.73 Å². The predicted octanol–water partition coefficient (Wildman–Crippen LogP) is 3.95. The number of nitrogens with two attached hydrogens (primary N) is 1. The number of hydrogen-bond donors (Lipinski definition) is 3. The number of nitrogens with zero attached hydrogens (tertiary/aromatic N) is 3. The standard InChI is InChI=1S/C26H24F2N6O6S/c27-23(28)14-33-9-7-16(13-33)32-20-5-4-18(11-21(20)34(36)37)41(38,39)22-3-1-2-19(25(29)35)24(22)40-17-10-15-6-8-30-26(15)31-12-17/h1-6,8,10-12,16,23,32H,7,9,13-14H2,(H2,29,35)(H,30,31)/t16-/m0/s1. The lowest BCUT2D eigenvalue weighted by atomic mass is 10.2. The molecule has 2 aromatic heterocycles.